The van der Waals surface area contributed by atoms with Gasteiger partial charge in [0.25, 0.3) is 0 Å². The first-order valence-electron chi connectivity index (χ1n) is 7.39. The molecule has 0 amide bonds. The second kappa shape index (κ2) is 6.85. The van der Waals surface area contributed by atoms with Crippen LogP contribution < -0.4 is 0 Å². The lowest BCUT2D eigenvalue weighted by Crippen LogP contribution is -2.24. The molecule has 2 rings (SSSR count). The molecular weight excluding hydrogens is 236 g/mol. The largest absolute Gasteiger partial charge is 0.370 e. The normalized spacial score (nSPS) is 18.2. The van der Waals surface area contributed by atoms with E-state index in [1.165, 1.54) is 37.7 Å². The number of benzene rings is 1. The Balaban J connectivity index is 1.83. The maximum Gasteiger partial charge on any atom is 0.191 e. The van der Waals surface area contributed by atoms with E-state index in [2.05, 4.69) is 0 Å². The molecule has 0 radical (unpaired) electrons. The van der Waals surface area contributed by atoms with Crippen molar-refractivity contribution in [2.45, 2.75) is 52.1 Å². The quantitative estimate of drug-likeness (QED) is 0.743. The van der Waals surface area contributed by atoms with E-state index >= 15 is 0 Å². The van der Waals surface area contributed by atoms with Crippen molar-refractivity contribution in [2.75, 3.05) is 6.61 Å². The Kier molecular flexibility index (Phi) is 5.15. The lowest BCUT2D eigenvalue weighted by molar-refractivity contribution is 0.0286. The van der Waals surface area contributed by atoms with Gasteiger partial charge in [-0.2, -0.15) is 0 Å². The van der Waals surface area contributed by atoms with Gasteiger partial charge in [-0.05, 0) is 32.6 Å². The molecule has 1 aromatic rings. The Labute approximate surface area is 116 Å². The topological polar surface area (TPSA) is 26.3 Å². The van der Waals surface area contributed by atoms with Gasteiger partial charge in [-0.1, -0.05) is 49.1 Å². The zero-order valence-electron chi connectivity index (χ0n) is 12.0. The highest BCUT2D eigenvalue weighted by Gasteiger charge is 2.19. The Morgan fingerprint density at radius 3 is 2.47 bits per heavy atom. The third kappa shape index (κ3) is 4.17. The third-order valence-corrected chi connectivity index (χ3v) is 4.01. The summed E-state index contributed by atoms with van der Waals surface area (Å²) in [6, 6.07) is 7.72. The fraction of sp³-hybridized carbons (Fsp3) is 0.588. The molecule has 0 heterocycles. The van der Waals surface area contributed by atoms with E-state index in [-0.39, 0.29) is 11.9 Å². The Morgan fingerprint density at radius 1 is 1.21 bits per heavy atom. The number of Topliss-reactive ketones (excluding diaryl/α,β-unsaturated/α-hetero) is 1. The van der Waals surface area contributed by atoms with Crippen molar-refractivity contribution in [1.82, 2.24) is 0 Å². The van der Waals surface area contributed by atoms with Crippen LogP contribution in [0.3, 0.4) is 0 Å². The van der Waals surface area contributed by atoms with Crippen molar-refractivity contribution >= 4 is 5.78 Å². The Morgan fingerprint density at radius 2 is 1.84 bits per heavy atom. The van der Waals surface area contributed by atoms with Crippen molar-refractivity contribution in [3.63, 3.8) is 0 Å². The standard InChI is InChI=1S/C17H24O2/c1-13-8-10-16(11-9-13)17(18)14(2)19-12-15-6-4-3-5-7-15/h8-11,14-15H,3-7,12H2,1-2H3. The van der Waals surface area contributed by atoms with Crippen molar-refractivity contribution in [2.24, 2.45) is 5.92 Å². The summed E-state index contributed by atoms with van der Waals surface area (Å²) >= 11 is 0. The lowest BCUT2D eigenvalue weighted by atomic mass is 9.90. The Hall–Kier alpha value is -1.15. The molecule has 1 saturated carbocycles. The van der Waals surface area contributed by atoms with E-state index in [1.807, 2.05) is 38.1 Å². The number of hydrogen-bond donors (Lipinski definition) is 0. The minimum Gasteiger partial charge on any atom is -0.370 e. The summed E-state index contributed by atoms with van der Waals surface area (Å²) in [4.78, 5) is 12.2. The monoisotopic (exact) mass is 260 g/mol. The minimum atomic E-state index is -0.329. The van der Waals surface area contributed by atoms with Crippen molar-refractivity contribution in [3.05, 3.63) is 35.4 Å². The van der Waals surface area contributed by atoms with Crippen molar-refractivity contribution in [1.29, 1.82) is 0 Å². The van der Waals surface area contributed by atoms with Crippen molar-refractivity contribution in [3.8, 4) is 0 Å². The van der Waals surface area contributed by atoms with E-state index in [9.17, 15) is 4.79 Å². The summed E-state index contributed by atoms with van der Waals surface area (Å²) in [6.45, 7) is 4.63. The molecule has 19 heavy (non-hydrogen) atoms. The maximum atomic E-state index is 12.2. The van der Waals surface area contributed by atoms with Gasteiger partial charge in [0, 0.05) is 5.56 Å². The number of carbonyl (C=O) groups is 1. The smallest absolute Gasteiger partial charge is 0.191 e. The fourth-order valence-corrected chi connectivity index (χ4v) is 2.66. The van der Waals surface area contributed by atoms with Gasteiger partial charge < -0.3 is 4.74 Å². The maximum absolute atomic E-state index is 12.2. The van der Waals surface area contributed by atoms with Crippen LogP contribution in [0.4, 0.5) is 0 Å². The van der Waals surface area contributed by atoms with Gasteiger partial charge in [-0.3, -0.25) is 4.79 Å². The summed E-state index contributed by atoms with van der Waals surface area (Å²) < 4.78 is 5.78. The second-order valence-electron chi connectivity index (χ2n) is 5.71. The number of ether oxygens (including phenoxy) is 1. The van der Waals surface area contributed by atoms with Crippen LogP contribution in [0, 0.1) is 12.8 Å². The highest BCUT2D eigenvalue weighted by Crippen LogP contribution is 2.24. The average Bonchev–Trinajstić information content (AvgIpc) is 2.46. The van der Waals surface area contributed by atoms with E-state index in [1.54, 1.807) is 0 Å². The van der Waals surface area contributed by atoms with Crippen LogP contribution in [0.5, 0.6) is 0 Å². The summed E-state index contributed by atoms with van der Waals surface area (Å²) in [5.74, 6) is 0.748. The molecule has 2 heteroatoms. The second-order valence-corrected chi connectivity index (χ2v) is 5.71. The number of ketones is 1. The Bertz CT molecular complexity index is 402. The van der Waals surface area contributed by atoms with E-state index in [4.69, 9.17) is 4.74 Å². The summed E-state index contributed by atoms with van der Waals surface area (Å²) in [5, 5.41) is 0. The minimum absolute atomic E-state index is 0.0933. The van der Waals surface area contributed by atoms with Crippen LogP contribution >= 0.6 is 0 Å². The highest BCUT2D eigenvalue weighted by atomic mass is 16.5. The number of rotatable bonds is 5. The van der Waals surface area contributed by atoms with E-state index < -0.39 is 0 Å². The highest BCUT2D eigenvalue weighted by molar-refractivity contribution is 5.99. The van der Waals surface area contributed by atoms with Crippen LogP contribution in [0.2, 0.25) is 0 Å². The molecular formula is C17H24O2. The molecule has 0 N–H and O–H groups in total. The predicted octanol–water partition coefficient (Wildman–Crippen LogP) is 4.16. The van der Waals surface area contributed by atoms with Gasteiger partial charge in [0.1, 0.15) is 6.10 Å². The molecule has 1 aromatic carbocycles. The van der Waals surface area contributed by atoms with Crippen LogP contribution in [0.25, 0.3) is 0 Å². The first-order valence-corrected chi connectivity index (χ1v) is 7.39. The van der Waals surface area contributed by atoms with Gasteiger partial charge in [0.05, 0.1) is 6.61 Å². The van der Waals surface area contributed by atoms with Crippen LogP contribution in [0.1, 0.15) is 54.9 Å². The molecule has 0 saturated heterocycles. The summed E-state index contributed by atoms with van der Waals surface area (Å²) in [5.41, 5.74) is 1.93. The molecule has 0 aromatic heterocycles. The predicted molar refractivity (Wildman–Crippen MR) is 77.5 cm³/mol. The van der Waals surface area contributed by atoms with E-state index in [0.29, 0.717) is 5.92 Å². The molecule has 104 valence electrons. The molecule has 0 spiro atoms. The van der Waals surface area contributed by atoms with Crippen LogP contribution in [0.15, 0.2) is 24.3 Å². The zero-order chi connectivity index (χ0) is 13.7. The van der Waals surface area contributed by atoms with E-state index in [0.717, 1.165) is 12.2 Å². The molecule has 0 aliphatic heterocycles. The van der Waals surface area contributed by atoms with Gasteiger partial charge in [-0.25, -0.2) is 0 Å². The fourth-order valence-electron chi connectivity index (χ4n) is 2.66. The molecule has 1 aliphatic rings. The summed E-state index contributed by atoms with van der Waals surface area (Å²) in [7, 11) is 0. The molecule has 1 atom stereocenters. The number of aryl methyl sites for hydroxylation is 1. The van der Waals surface area contributed by atoms with Crippen LogP contribution in [-0.2, 0) is 4.74 Å². The van der Waals surface area contributed by atoms with Crippen molar-refractivity contribution < 1.29 is 9.53 Å². The van der Waals surface area contributed by atoms with Gasteiger partial charge in [-0.15, -0.1) is 0 Å². The molecule has 1 aliphatic carbocycles. The van der Waals surface area contributed by atoms with Crippen LogP contribution in [-0.4, -0.2) is 18.5 Å². The molecule has 2 nitrogen and oxygen atoms in total. The number of hydrogen-bond acceptors (Lipinski definition) is 2. The first kappa shape index (κ1) is 14.3. The zero-order valence-corrected chi connectivity index (χ0v) is 12.0. The van der Waals surface area contributed by atoms with Gasteiger partial charge in [0.2, 0.25) is 0 Å². The average molecular weight is 260 g/mol. The summed E-state index contributed by atoms with van der Waals surface area (Å²) in [6.07, 6.45) is 6.16. The lowest BCUT2D eigenvalue weighted by Gasteiger charge is -2.23. The third-order valence-electron chi connectivity index (χ3n) is 4.01. The SMILES string of the molecule is Cc1ccc(C(=O)C(C)OCC2CCCCC2)cc1. The first-order chi connectivity index (χ1) is 9.16. The van der Waals surface area contributed by atoms with Gasteiger partial charge >= 0.3 is 0 Å². The molecule has 1 fully saturated rings. The molecule has 1 unspecified atom stereocenters. The van der Waals surface area contributed by atoms with Gasteiger partial charge in [0.15, 0.2) is 5.78 Å². The number of carbonyl (C=O) groups excluding carboxylic acids is 1. The molecule has 0 bridgehead atoms.